The van der Waals surface area contributed by atoms with Crippen molar-refractivity contribution in [3.8, 4) is 11.4 Å². The number of benzene rings is 2. The fourth-order valence-electron chi connectivity index (χ4n) is 2.96. The SMILES string of the molecule is CCNCc1ccccc1NC(=O)c1nnn(-c2ccc(OC(C)C)cc2)c1C. The van der Waals surface area contributed by atoms with E-state index in [0.29, 0.717) is 17.9 Å². The summed E-state index contributed by atoms with van der Waals surface area (Å²) in [5, 5.41) is 14.5. The fourth-order valence-corrected chi connectivity index (χ4v) is 2.96. The molecule has 0 saturated heterocycles. The van der Waals surface area contributed by atoms with Gasteiger partial charge in [-0.25, -0.2) is 4.68 Å². The number of amides is 1. The van der Waals surface area contributed by atoms with E-state index in [1.807, 2.05) is 76.2 Å². The Morgan fingerprint density at radius 3 is 2.55 bits per heavy atom. The minimum Gasteiger partial charge on any atom is -0.491 e. The number of hydrogen-bond donors (Lipinski definition) is 2. The summed E-state index contributed by atoms with van der Waals surface area (Å²) < 4.78 is 7.32. The van der Waals surface area contributed by atoms with Crippen LogP contribution in [0.3, 0.4) is 0 Å². The first-order valence-electron chi connectivity index (χ1n) is 9.79. The van der Waals surface area contributed by atoms with E-state index in [2.05, 4.69) is 20.9 Å². The highest BCUT2D eigenvalue weighted by Gasteiger charge is 2.18. The molecule has 3 aromatic rings. The zero-order valence-electron chi connectivity index (χ0n) is 17.3. The molecule has 1 amide bonds. The summed E-state index contributed by atoms with van der Waals surface area (Å²) in [4.78, 5) is 12.8. The lowest BCUT2D eigenvalue weighted by atomic mass is 10.1. The summed E-state index contributed by atoms with van der Waals surface area (Å²) in [6.45, 7) is 9.39. The van der Waals surface area contributed by atoms with Crippen LogP contribution in [0.4, 0.5) is 5.69 Å². The molecule has 0 saturated carbocycles. The molecule has 0 bridgehead atoms. The van der Waals surface area contributed by atoms with Crippen molar-refractivity contribution >= 4 is 11.6 Å². The molecule has 3 rings (SSSR count). The van der Waals surface area contributed by atoms with E-state index < -0.39 is 0 Å². The number of carbonyl (C=O) groups is 1. The monoisotopic (exact) mass is 393 g/mol. The van der Waals surface area contributed by atoms with E-state index in [0.717, 1.165) is 29.2 Å². The Labute approximate surface area is 171 Å². The maximum Gasteiger partial charge on any atom is 0.278 e. The number of carbonyl (C=O) groups excluding carboxylic acids is 1. The maximum atomic E-state index is 12.8. The Morgan fingerprint density at radius 1 is 1.14 bits per heavy atom. The van der Waals surface area contributed by atoms with Crippen molar-refractivity contribution < 1.29 is 9.53 Å². The summed E-state index contributed by atoms with van der Waals surface area (Å²) >= 11 is 0. The van der Waals surface area contributed by atoms with Crippen LogP contribution in [0.25, 0.3) is 5.69 Å². The van der Waals surface area contributed by atoms with E-state index in [9.17, 15) is 4.79 Å². The zero-order chi connectivity index (χ0) is 20.8. The number of ether oxygens (including phenoxy) is 1. The van der Waals surface area contributed by atoms with Crippen LogP contribution in [0.2, 0.25) is 0 Å². The predicted octanol–water partition coefficient (Wildman–Crippen LogP) is 3.72. The second kappa shape index (κ2) is 9.34. The van der Waals surface area contributed by atoms with Crippen molar-refractivity contribution in [1.29, 1.82) is 0 Å². The van der Waals surface area contributed by atoms with Crippen molar-refractivity contribution in [2.75, 3.05) is 11.9 Å². The molecular weight excluding hydrogens is 366 g/mol. The molecule has 152 valence electrons. The minimum absolute atomic E-state index is 0.111. The molecular formula is C22H27N5O2. The fraction of sp³-hybridized carbons (Fsp3) is 0.318. The van der Waals surface area contributed by atoms with Gasteiger partial charge in [-0.2, -0.15) is 0 Å². The lowest BCUT2D eigenvalue weighted by Gasteiger charge is -2.11. The maximum absolute atomic E-state index is 12.8. The number of para-hydroxylation sites is 1. The zero-order valence-corrected chi connectivity index (χ0v) is 17.3. The lowest BCUT2D eigenvalue weighted by molar-refractivity contribution is 0.102. The third-order valence-corrected chi connectivity index (χ3v) is 4.39. The molecule has 0 aliphatic rings. The average molecular weight is 393 g/mol. The van der Waals surface area contributed by atoms with Gasteiger partial charge in [0.2, 0.25) is 0 Å². The van der Waals surface area contributed by atoms with Crippen LogP contribution in [-0.4, -0.2) is 33.5 Å². The molecule has 7 nitrogen and oxygen atoms in total. The summed E-state index contributed by atoms with van der Waals surface area (Å²) in [5.41, 5.74) is 3.57. The average Bonchev–Trinajstić information content (AvgIpc) is 3.09. The van der Waals surface area contributed by atoms with Crippen LogP contribution < -0.4 is 15.4 Å². The molecule has 2 aromatic carbocycles. The molecule has 7 heteroatoms. The van der Waals surface area contributed by atoms with Gasteiger partial charge >= 0.3 is 0 Å². The third kappa shape index (κ3) is 5.00. The number of aromatic nitrogens is 3. The van der Waals surface area contributed by atoms with Gasteiger partial charge in [0.15, 0.2) is 5.69 Å². The Morgan fingerprint density at radius 2 is 1.86 bits per heavy atom. The van der Waals surface area contributed by atoms with Crippen LogP contribution in [0.15, 0.2) is 48.5 Å². The van der Waals surface area contributed by atoms with Crippen molar-refractivity contribution in [2.24, 2.45) is 0 Å². The van der Waals surface area contributed by atoms with Crippen LogP contribution in [0, 0.1) is 6.92 Å². The van der Waals surface area contributed by atoms with Gasteiger partial charge in [0.25, 0.3) is 5.91 Å². The van der Waals surface area contributed by atoms with Crippen molar-refractivity contribution in [3.05, 3.63) is 65.5 Å². The smallest absolute Gasteiger partial charge is 0.278 e. The summed E-state index contributed by atoms with van der Waals surface area (Å²) in [6, 6.07) is 15.3. The first-order valence-corrected chi connectivity index (χ1v) is 9.79. The van der Waals surface area contributed by atoms with E-state index in [-0.39, 0.29) is 12.0 Å². The molecule has 0 atom stereocenters. The van der Waals surface area contributed by atoms with Crippen LogP contribution in [-0.2, 0) is 6.54 Å². The standard InChI is InChI=1S/C22H27N5O2/c1-5-23-14-17-8-6-7-9-20(17)24-22(28)21-16(4)27(26-25-21)18-10-12-19(13-11-18)29-15(2)3/h6-13,15,23H,5,14H2,1-4H3,(H,24,28). The number of nitrogens with zero attached hydrogens (tertiary/aromatic N) is 3. The highest BCUT2D eigenvalue weighted by Crippen LogP contribution is 2.20. The topological polar surface area (TPSA) is 81.1 Å². The first kappa shape index (κ1) is 20.5. The minimum atomic E-state index is -0.280. The Balaban J connectivity index is 1.78. The predicted molar refractivity (Wildman–Crippen MR) is 114 cm³/mol. The van der Waals surface area contributed by atoms with Crippen LogP contribution in [0.5, 0.6) is 5.75 Å². The second-order valence-corrected chi connectivity index (χ2v) is 6.99. The van der Waals surface area contributed by atoms with Gasteiger partial charge in [0.05, 0.1) is 17.5 Å². The van der Waals surface area contributed by atoms with E-state index in [4.69, 9.17) is 4.74 Å². The number of rotatable bonds is 8. The summed E-state index contributed by atoms with van der Waals surface area (Å²) in [5.74, 6) is 0.509. The van der Waals surface area contributed by atoms with E-state index in [1.54, 1.807) is 4.68 Å². The molecule has 0 unspecified atom stereocenters. The molecule has 0 aliphatic heterocycles. The molecule has 1 heterocycles. The van der Waals surface area contributed by atoms with Gasteiger partial charge in [-0.15, -0.1) is 5.10 Å². The van der Waals surface area contributed by atoms with E-state index >= 15 is 0 Å². The number of anilines is 1. The largest absolute Gasteiger partial charge is 0.491 e. The third-order valence-electron chi connectivity index (χ3n) is 4.39. The molecule has 2 N–H and O–H groups in total. The summed E-state index contributed by atoms with van der Waals surface area (Å²) in [7, 11) is 0. The molecule has 1 aromatic heterocycles. The van der Waals surface area contributed by atoms with E-state index in [1.165, 1.54) is 0 Å². The first-order chi connectivity index (χ1) is 14.0. The highest BCUT2D eigenvalue weighted by molar-refractivity contribution is 6.04. The molecule has 0 fully saturated rings. The molecule has 0 aliphatic carbocycles. The van der Waals surface area contributed by atoms with Crippen molar-refractivity contribution in [3.63, 3.8) is 0 Å². The highest BCUT2D eigenvalue weighted by atomic mass is 16.5. The molecule has 0 radical (unpaired) electrons. The Bertz CT molecular complexity index is 964. The van der Waals surface area contributed by atoms with Crippen molar-refractivity contribution in [2.45, 2.75) is 40.3 Å². The molecule has 29 heavy (non-hydrogen) atoms. The lowest BCUT2D eigenvalue weighted by Crippen LogP contribution is -2.18. The number of hydrogen-bond acceptors (Lipinski definition) is 5. The van der Waals surface area contributed by atoms with Gasteiger partial charge in [0.1, 0.15) is 5.75 Å². The van der Waals surface area contributed by atoms with Gasteiger partial charge in [-0.05, 0) is 63.2 Å². The second-order valence-electron chi connectivity index (χ2n) is 6.99. The van der Waals surface area contributed by atoms with Gasteiger partial charge in [-0.1, -0.05) is 30.3 Å². The van der Waals surface area contributed by atoms with Gasteiger partial charge < -0.3 is 15.4 Å². The quantitative estimate of drug-likeness (QED) is 0.610. The summed E-state index contributed by atoms with van der Waals surface area (Å²) in [6.07, 6.45) is 0.111. The number of nitrogens with one attached hydrogen (secondary N) is 2. The Kier molecular flexibility index (Phi) is 6.61. The van der Waals surface area contributed by atoms with Crippen LogP contribution in [0.1, 0.15) is 42.5 Å². The Hall–Kier alpha value is -3.19. The van der Waals surface area contributed by atoms with Crippen molar-refractivity contribution in [1.82, 2.24) is 20.3 Å². The van der Waals surface area contributed by atoms with Gasteiger partial charge in [0, 0.05) is 12.2 Å². The molecule has 0 spiro atoms. The normalized spacial score (nSPS) is 10.9. The van der Waals surface area contributed by atoms with Gasteiger partial charge in [-0.3, -0.25) is 4.79 Å². The van der Waals surface area contributed by atoms with Crippen LogP contribution >= 0.6 is 0 Å².